The van der Waals surface area contributed by atoms with Crippen LogP contribution in [0.5, 0.6) is 5.75 Å². The number of ether oxygens (including phenoxy) is 1. The SMILES string of the molecule is C#CCC=C(CN)c1cccc(OC(F)(F)F)c1. The van der Waals surface area contributed by atoms with E-state index in [0.717, 1.165) is 0 Å². The van der Waals surface area contributed by atoms with Crippen molar-refractivity contribution in [1.82, 2.24) is 0 Å². The molecule has 0 aliphatic carbocycles. The Morgan fingerprint density at radius 1 is 1.44 bits per heavy atom. The quantitative estimate of drug-likeness (QED) is 0.839. The van der Waals surface area contributed by atoms with Crippen molar-refractivity contribution >= 4 is 5.57 Å². The number of rotatable bonds is 4. The van der Waals surface area contributed by atoms with Gasteiger partial charge in [-0.05, 0) is 23.3 Å². The Bertz CT molecular complexity index is 472. The fourth-order valence-corrected chi connectivity index (χ4v) is 1.39. The molecule has 0 spiro atoms. The van der Waals surface area contributed by atoms with Crippen LogP contribution in [0.15, 0.2) is 30.3 Å². The van der Waals surface area contributed by atoms with E-state index in [0.29, 0.717) is 17.6 Å². The molecule has 0 bridgehead atoms. The van der Waals surface area contributed by atoms with Gasteiger partial charge in [-0.3, -0.25) is 0 Å². The molecule has 96 valence electrons. The smallest absolute Gasteiger partial charge is 0.406 e. The maximum absolute atomic E-state index is 12.1. The van der Waals surface area contributed by atoms with Crippen LogP contribution in [0, 0.1) is 12.3 Å². The molecule has 0 fully saturated rings. The summed E-state index contributed by atoms with van der Waals surface area (Å²) in [6, 6.07) is 5.63. The first-order valence-corrected chi connectivity index (χ1v) is 5.15. The second-order valence-electron chi connectivity index (χ2n) is 3.42. The Kier molecular flexibility index (Phi) is 4.81. The molecule has 0 saturated carbocycles. The van der Waals surface area contributed by atoms with Crippen LogP contribution >= 0.6 is 0 Å². The molecule has 2 nitrogen and oxygen atoms in total. The molecule has 0 aliphatic heterocycles. The van der Waals surface area contributed by atoms with E-state index in [1.165, 1.54) is 18.2 Å². The molecule has 5 heteroatoms. The van der Waals surface area contributed by atoms with E-state index in [-0.39, 0.29) is 12.3 Å². The van der Waals surface area contributed by atoms with Crippen LogP contribution in [0.3, 0.4) is 0 Å². The second kappa shape index (κ2) is 6.12. The van der Waals surface area contributed by atoms with Crippen molar-refractivity contribution in [1.29, 1.82) is 0 Å². The van der Waals surface area contributed by atoms with Gasteiger partial charge in [-0.1, -0.05) is 18.2 Å². The molecule has 1 aromatic rings. The van der Waals surface area contributed by atoms with Crippen LogP contribution in [-0.2, 0) is 0 Å². The maximum Gasteiger partial charge on any atom is 0.573 e. The number of hydrogen-bond acceptors (Lipinski definition) is 2. The molecule has 0 unspecified atom stereocenters. The first-order valence-electron chi connectivity index (χ1n) is 5.15. The van der Waals surface area contributed by atoms with Gasteiger partial charge in [0.2, 0.25) is 0 Å². The van der Waals surface area contributed by atoms with Crippen molar-refractivity contribution in [2.45, 2.75) is 12.8 Å². The highest BCUT2D eigenvalue weighted by atomic mass is 19.4. The number of allylic oxidation sites excluding steroid dienone is 1. The molecule has 18 heavy (non-hydrogen) atoms. The van der Waals surface area contributed by atoms with E-state index in [9.17, 15) is 13.2 Å². The third-order valence-corrected chi connectivity index (χ3v) is 2.12. The predicted octanol–water partition coefficient (Wildman–Crippen LogP) is 2.95. The highest BCUT2D eigenvalue weighted by molar-refractivity contribution is 5.68. The molecule has 2 N–H and O–H groups in total. The number of alkyl halides is 3. The summed E-state index contributed by atoms with van der Waals surface area (Å²) in [7, 11) is 0. The summed E-state index contributed by atoms with van der Waals surface area (Å²) in [5.41, 5.74) is 6.77. The minimum Gasteiger partial charge on any atom is -0.406 e. The van der Waals surface area contributed by atoms with Crippen molar-refractivity contribution in [2.24, 2.45) is 5.73 Å². The van der Waals surface area contributed by atoms with Gasteiger partial charge in [-0.25, -0.2) is 0 Å². The molecule has 0 aliphatic rings. The zero-order valence-electron chi connectivity index (χ0n) is 9.50. The lowest BCUT2D eigenvalue weighted by Crippen LogP contribution is -2.17. The lowest BCUT2D eigenvalue weighted by atomic mass is 10.0. The Hall–Kier alpha value is -1.93. The number of terminal acetylenes is 1. The van der Waals surface area contributed by atoms with Crippen molar-refractivity contribution in [3.05, 3.63) is 35.9 Å². The van der Waals surface area contributed by atoms with Gasteiger partial charge in [0.1, 0.15) is 5.75 Å². The molecular formula is C13H12F3NO. The average molecular weight is 255 g/mol. The van der Waals surface area contributed by atoms with E-state index in [1.54, 1.807) is 12.1 Å². The minimum absolute atomic E-state index is 0.192. The summed E-state index contributed by atoms with van der Waals surface area (Å²) in [5, 5.41) is 0. The van der Waals surface area contributed by atoms with E-state index >= 15 is 0 Å². The fourth-order valence-electron chi connectivity index (χ4n) is 1.39. The van der Waals surface area contributed by atoms with Gasteiger partial charge in [0.15, 0.2) is 0 Å². The summed E-state index contributed by atoms with van der Waals surface area (Å²) in [6.07, 6.45) is 2.48. The summed E-state index contributed by atoms with van der Waals surface area (Å²) >= 11 is 0. The number of benzene rings is 1. The Balaban J connectivity index is 2.97. The lowest BCUT2D eigenvalue weighted by molar-refractivity contribution is -0.274. The topological polar surface area (TPSA) is 35.2 Å². The van der Waals surface area contributed by atoms with Crippen LogP contribution in [0.25, 0.3) is 5.57 Å². The van der Waals surface area contributed by atoms with Gasteiger partial charge in [-0.2, -0.15) is 0 Å². The highest BCUT2D eigenvalue weighted by Crippen LogP contribution is 2.25. The van der Waals surface area contributed by atoms with Gasteiger partial charge < -0.3 is 10.5 Å². The molecular weight excluding hydrogens is 243 g/mol. The third kappa shape index (κ3) is 4.52. The van der Waals surface area contributed by atoms with Gasteiger partial charge >= 0.3 is 6.36 Å². The van der Waals surface area contributed by atoms with Gasteiger partial charge in [0.25, 0.3) is 0 Å². The van der Waals surface area contributed by atoms with E-state index < -0.39 is 6.36 Å². The summed E-state index contributed by atoms with van der Waals surface area (Å²) in [5.74, 6) is 2.13. The van der Waals surface area contributed by atoms with E-state index in [2.05, 4.69) is 10.7 Å². The normalized spacial score (nSPS) is 12.1. The molecule has 0 aromatic heterocycles. The van der Waals surface area contributed by atoms with Crippen LogP contribution in [0.1, 0.15) is 12.0 Å². The van der Waals surface area contributed by atoms with Gasteiger partial charge in [0, 0.05) is 13.0 Å². The molecule has 0 atom stereocenters. The van der Waals surface area contributed by atoms with Crippen LogP contribution in [-0.4, -0.2) is 12.9 Å². The molecule has 0 radical (unpaired) electrons. The largest absolute Gasteiger partial charge is 0.573 e. The molecule has 0 heterocycles. The van der Waals surface area contributed by atoms with Gasteiger partial charge in [0.05, 0.1) is 0 Å². The Morgan fingerprint density at radius 3 is 2.72 bits per heavy atom. The second-order valence-corrected chi connectivity index (χ2v) is 3.42. The molecule has 1 rings (SSSR count). The first kappa shape index (κ1) is 14.1. The van der Waals surface area contributed by atoms with Crippen LogP contribution in [0.2, 0.25) is 0 Å². The van der Waals surface area contributed by atoms with E-state index in [4.69, 9.17) is 12.2 Å². The summed E-state index contributed by atoms with van der Waals surface area (Å²) < 4.78 is 40.0. The number of hydrogen-bond donors (Lipinski definition) is 1. The minimum atomic E-state index is -4.70. The number of nitrogens with two attached hydrogens (primary N) is 1. The number of halogens is 3. The Labute approximate surface area is 103 Å². The highest BCUT2D eigenvalue weighted by Gasteiger charge is 2.31. The average Bonchev–Trinajstić information content (AvgIpc) is 2.28. The van der Waals surface area contributed by atoms with Crippen molar-refractivity contribution in [3.8, 4) is 18.1 Å². The zero-order valence-corrected chi connectivity index (χ0v) is 9.50. The van der Waals surface area contributed by atoms with E-state index in [1.807, 2.05) is 0 Å². The monoisotopic (exact) mass is 255 g/mol. The molecule has 1 aromatic carbocycles. The van der Waals surface area contributed by atoms with Crippen molar-refractivity contribution in [2.75, 3.05) is 6.54 Å². The Morgan fingerprint density at radius 2 is 2.17 bits per heavy atom. The standard InChI is InChI=1S/C13H12F3NO/c1-2-3-5-11(9-17)10-6-4-7-12(8-10)18-13(14,15)16/h1,4-8H,3,9,17H2. The predicted molar refractivity (Wildman–Crippen MR) is 63.6 cm³/mol. The zero-order chi connectivity index (χ0) is 13.6. The molecule has 0 amide bonds. The third-order valence-electron chi connectivity index (χ3n) is 2.12. The summed E-state index contributed by atoms with van der Waals surface area (Å²) in [6.45, 7) is 0.192. The van der Waals surface area contributed by atoms with Crippen LogP contribution < -0.4 is 10.5 Å². The van der Waals surface area contributed by atoms with Crippen LogP contribution in [0.4, 0.5) is 13.2 Å². The van der Waals surface area contributed by atoms with Crippen molar-refractivity contribution in [3.63, 3.8) is 0 Å². The first-order chi connectivity index (χ1) is 8.46. The van der Waals surface area contributed by atoms with Gasteiger partial charge in [-0.15, -0.1) is 25.5 Å². The maximum atomic E-state index is 12.1. The molecule has 0 saturated heterocycles. The fraction of sp³-hybridized carbons (Fsp3) is 0.231. The summed E-state index contributed by atoms with van der Waals surface area (Å²) in [4.78, 5) is 0. The lowest BCUT2D eigenvalue weighted by Gasteiger charge is -2.11. The van der Waals surface area contributed by atoms with Crippen molar-refractivity contribution < 1.29 is 17.9 Å².